The minimum atomic E-state index is -0.323. The van der Waals surface area contributed by atoms with Gasteiger partial charge in [-0.1, -0.05) is 12.0 Å². The van der Waals surface area contributed by atoms with Crippen molar-refractivity contribution in [2.75, 3.05) is 4.90 Å². The number of benzene rings is 1. The van der Waals surface area contributed by atoms with E-state index in [1.807, 2.05) is 0 Å². The molecule has 3 nitrogen and oxygen atoms in total. The highest BCUT2D eigenvalue weighted by molar-refractivity contribution is 6.30. The second kappa shape index (κ2) is 3.67. The van der Waals surface area contributed by atoms with E-state index in [1.165, 1.54) is 6.08 Å². The predicted molar refractivity (Wildman–Crippen MR) is 60.6 cm³/mol. The zero-order chi connectivity index (χ0) is 11.7. The lowest BCUT2D eigenvalue weighted by molar-refractivity contribution is -0.120. The molecule has 16 heavy (non-hydrogen) atoms. The number of nitrogens with zero attached hydrogens (tertiary/aromatic N) is 1. The van der Waals surface area contributed by atoms with Crippen LogP contribution in [0, 0.1) is 12.3 Å². The summed E-state index contributed by atoms with van der Waals surface area (Å²) >= 11 is 0. The first-order valence-electron chi connectivity index (χ1n) is 4.77. The van der Waals surface area contributed by atoms with Gasteiger partial charge in [0.05, 0.1) is 5.69 Å². The first-order valence-corrected chi connectivity index (χ1v) is 4.77. The zero-order valence-corrected chi connectivity index (χ0v) is 8.73. The van der Waals surface area contributed by atoms with Crippen LogP contribution in [-0.2, 0) is 9.59 Å². The molecule has 1 aliphatic rings. The molecule has 0 saturated carbocycles. The highest BCUT2D eigenvalue weighted by Gasteiger charge is 2.29. The Bertz CT molecular complexity index is 549. The van der Waals surface area contributed by atoms with Gasteiger partial charge < -0.3 is 0 Å². The molecule has 0 radical (unpaired) electrons. The molecule has 0 spiro atoms. The lowest BCUT2D eigenvalue weighted by Crippen LogP contribution is -2.30. The minimum Gasteiger partial charge on any atom is -0.269 e. The van der Waals surface area contributed by atoms with Crippen molar-refractivity contribution in [3.63, 3.8) is 0 Å². The van der Waals surface area contributed by atoms with Crippen LogP contribution in [0.1, 0.15) is 12.5 Å². The molecular formula is C13H9NO2. The van der Waals surface area contributed by atoms with E-state index >= 15 is 0 Å². The van der Waals surface area contributed by atoms with Crippen LogP contribution in [0.15, 0.2) is 35.9 Å². The first-order chi connectivity index (χ1) is 7.63. The Labute approximate surface area is 93.4 Å². The van der Waals surface area contributed by atoms with Crippen molar-refractivity contribution in [2.45, 2.75) is 6.92 Å². The second-order valence-electron chi connectivity index (χ2n) is 3.50. The molecule has 1 aromatic carbocycles. The number of imide groups is 1. The summed E-state index contributed by atoms with van der Waals surface area (Å²) in [6.07, 6.45) is 6.59. The van der Waals surface area contributed by atoms with E-state index in [0.717, 1.165) is 4.90 Å². The van der Waals surface area contributed by atoms with Crippen molar-refractivity contribution < 1.29 is 9.59 Å². The Balaban J connectivity index is 2.44. The molecule has 0 aliphatic carbocycles. The average Bonchev–Trinajstić information content (AvgIpc) is 2.53. The molecule has 2 rings (SSSR count). The first kappa shape index (κ1) is 10.2. The van der Waals surface area contributed by atoms with Crippen LogP contribution < -0.4 is 4.90 Å². The van der Waals surface area contributed by atoms with Crippen molar-refractivity contribution >= 4 is 17.5 Å². The van der Waals surface area contributed by atoms with Crippen LogP contribution in [0.25, 0.3) is 0 Å². The van der Waals surface area contributed by atoms with E-state index in [2.05, 4.69) is 5.92 Å². The zero-order valence-electron chi connectivity index (χ0n) is 8.73. The predicted octanol–water partition coefficient (Wildman–Crippen LogP) is 1.49. The number of hydrogen-bond donors (Lipinski definition) is 0. The van der Waals surface area contributed by atoms with Crippen molar-refractivity contribution in [1.29, 1.82) is 0 Å². The monoisotopic (exact) mass is 211 g/mol. The molecular weight excluding hydrogens is 202 g/mol. The van der Waals surface area contributed by atoms with Crippen LogP contribution >= 0.6 is 0 Å². The SMILES string of the molecule is C#Cc1cccc(N2C(=O)C=C(C)C2=O)c1. The molecule has 1 aromatic rings. The largest absolute Gasteiger partial charge is 0.269 e. The third-order valence-electron chi connectivity index (χ3n) is 2.37. The highest BCUT2D eigenvalue weighted by atomic mass is 16.2. The third kappa shape index (κ3) is 1.51. The fourth-order valence-corrected chi connectivity index (χ4v) is 1.57. The summed E-state index contributed by atoms with van der Waals surface area (Å²) in [5.41, 5.74) is 1.59. The van der Waals surface area contributed by atoms with Crippen LogP contribution in [0.5, 0.6) is 0 Å². The van der Waals surface area contributed by atoms with E-state index in [0.29, 0.717) is 16.8 Å². The van der Waals surface area contributed by atoms with Crippen molar-refractivity contribution in [1.82, 2.24) is 0 Å². The van der Waals surface area contributed by atoms with Gasteiger partial charge in [-0.05, 0) is 25.1 Å². The van der Waals surface area contributed by atoms with Crippen LogP contribution in [0.3, 0.4) is 0 Å². The van der Waals surface area contributed by atoms with E-state index in [1.54, 1.807) is 31.2 Å². The van der Waals surface area contributed by atoms with Gasteiger partial charge in [-0.3, -0.25) is 9.59 Å². The number of carbonyl (C=O) groups is 2. The lowest BCUT2D eigenvalue weighted by atomic mass is 10.2. The fraction of sp³-hybridized carbons (Fsp3) is 0.0769. The van der Waals surface area contributed by atoms with E-state index in [4.69, 9.17) is 6.42 Å². The highest BCUT2D eigenvalue weighted by Crippen LogP contribution is 2.22. The topological polar surface area (TPSA) is 37.4 Å². The summed E-state index contributed by atoms with van der Waals surface area (Å²) in [6, 6.07) is 6.79. The Hall–Kier alpha value is -2.34. The number of anilines is 1. The Morgan fingerprint density at radius 1 is 1.31 bits per heavy atom. The summed E-state index contributed by atoms with van der Waals surface area (Å²) in [7, 11) is 0. The van der Waals surface area contributed by atoms with Gasteiger partial charge in [-0.15, -0.1) is 6.42 Å². The standard InChI is InChI=1S/C13H9NO2/c1-3-10-5-4-6-11(8-10)14-12(15)7-9(2)13(14)16/h1,4-8H,2H3. The van der Waals surface area contributed by atoms with Gasteiger partial charge in [0.25, 0.3) is 11.8 Å². The lowest BCUT2D eigenvalue weighted by Gasteiger charge is -2.14. The molecule has 2 amide bonds. The summed E-state index contributed by atoms with van der Waals surface area (Å²) in [5, 5.41) is 0. The summed E-state index contributed by atoms with van der Waals surface area (Å²) in [4.78, 5) is 24.4. The maximum absolute atomic E-state index is 11.7. The molecule has 0 N–H and O–H groups in total. The van der Waals surface area contributed by atoms with Crippen molar-refractivity contribution in [3.05, 3.63) is 41.5 Å². The number of hydrogen-bond acceptors (Lipinski definition) is 2. The van der Waals surface area contributed by atoms with Gasteiger partial charge in [0.15, 0.2) is 0 Å². The minimum absolute atomic E-state index is 0.292. The Morgan fingerprint density at radius 3 is 2.62 bits per heavy atom. The Kier molecular flexibility index (Phi) is 2.34. The number of carbonyl (C=O) groups excluding carboxylic acids is 2. The van der Waals surface area contributed by atoms with Gasteiger partial charge in [0, 0.05) is 17.2 Å². The molecule has 78 valence electrons. The second-order valence-corrected chi connectivity index (χ2v) is 3.50. The summed E-state index contributed by atoms with van der Waals surface area (Å²) in [6.45, 7) is 1.62. The van der Waals surface area contributed by atoms with Gasteiger partial charge in [-0.2, -0.15) is 0 Å². The molecule has 0 fully saturated rings. The summed E-state index contributed by atoms with van der Waals surface area (Å²) in [5.74, 6) is 1.85. The maximum Gasteiger partial charge on any atom is 0.261 e. The molecule has 1 aliphatic heterocycles. The van der Waals surface area contributed by atoms with Gasteiger partial charge in [0.1, 0.15) is 0 Å². The van der Waals surface area contributed by atoms with Crippen LogP contribution in [0.4, 0.5) is 5.69 Å². The van der Waals surface area contributed by atoms with Crippen molar-refractivity contribution in [3.8, 4) is 12.3 Å². The van der Waals surface area contributed by atoms with Crippen LogP contribution in [-0.4, -0.2) is 11.8 Å². The molecule has 0 bridgehead atoms. The van der Waals surface area contributed by atoms with E-state index < -0.39 is 0 Å². The Morgan fingerprint density at radius 2 is 2.06 bits per heavy atom. The average molecular weight is 211 g/mol. The molecule has 0 atom stereocenters. The van der Waals surface area contributed by atoms with Crippen molar-refractivity contribution in [2.24, 2.45) is 0 Å². The molecule has 0 saturated heterocycles. The summed E-state index contributed by atoms with van der Waals surface area (Å²) < 4.78 is 0. The van der Waals surface area contributed by atoms with Crippen LogP contribution in [0.2, 0.25) is 0 Å². The van der Waals surface area contributed by atoms with Gasteiger partial charge >= 0.3 is 0 Å². The number of terminal acetylenes is 1. The third-order valence-corrected chi connectivity index (χ3v) is 2.37. The van der Waals surface area contributed by atoms with E-state index in [-0.39, 0.29) is 11.8 Å². The fourth-order valence-electron chi connectivity index (χ4n) is 1.57. The van der Waals surface area contributed by atoms with Gasteiger partial charge in [0.2, 0.25) is 0 Å². The molecule has 0 unspecified atom stereocenters. The molecule has 3 heteroatoms. The molecule has 1 heterocycles. The maximum atomic E-state index is 11.7. The number of rotatable bonds is 1. The van der Waals surface area contributed by atoms with E-state index in [9.17, 15) is 9.59 Å². The number of amides is 2. The quantitative estimate of drug-likeness (QED) is 0.521. The normalized spacial score (nSPS) is 15.0. The van der Waals surface area contributed by atoms with Gasteiger partial charge in [-0.25, -0.2) is 4.90 Å². The molecule has 0 aromatic heterocycles. The smallest absolute Gasteiger partial charge is 0.261 e.